The van der Waals surface area contributed by atoms with Crippen LogP contribution in [0, 0.1) is 0 Å². The number of nitrogens with one attached hydrogen (secondary N) is 3. The van der Waals surface area contributed by atoms with Crippen LogP contribution < -0.4 is 16.4 Å². The zero-order valence-electron chi connectivity index (χ0n) is 18.9. The fourth-order valence-corrected chi connectivity index (χ4v) is 4.12. The largest absolute Gasteiger partial charge is 0.474 e. The third-order valence-corrected chi connectivity index (χ3v) is 5.92. The van der Waals surface area contributed by atoms with E-state index in [0.29, 0.717) is 28.0 Å². The van der Waals surface area contributed by atoms with Gasteiger partial charge in [0.05, 0.1) is 23.5 Å². The van der Waals surface area contributed by atoms with Gasteiger partial charge in [0, 0.05) is 17.7 Å². The van der Waals surface area contributed by atoms with Gasteiger partial charge in [-0.25, -0.2) is 15.4 Å². The van der Waals surface area contributed by atoms with E-state index in [1.54, 1.807) is 25.6 Å². The van der Waals surface area contributed by atoms with Crippen LogP contribution in [0.3, 0.4) is 0 Å². The van der Waals surface area contributed by atoms with Crippen molar-refractivity contribution in [1.82, 2.24) is 25.9 Å². The minimum Gasteiger partial charge on any atom is -0.474 e. The summed E-state index contributed by atoms with van der Waals surface area (Å²) in [6, 6.07) is 9.92. The first-order valence-corrected chi connectivity index (χ1v) is 11.2. The topological polar surface area (TPSA) is 97.1 Å². The van der Waals surface area contributed by atoms with Crippen LogP contribution in [0.1, 0.15) is 34.1 Å². The van der Waals surface area contributed by atoms with Crippen LogP contribution >= 0.6 is 11.6 Å². The molecule has 0 saturated heterocycles. The van der Waals surface area contributed by atoms with Gasteiger partial charge in [0.15, 0.2) is 0 Å². The first kappa shape index (κ1) is 24.3. The van der Waals surface area contributed by atoms with Gasteiger partial charge in [0.1, 0.15) is 37.2 Å². The van der Waals surface area contributed by atoms with E-state index in [4.69, 9.17) is 21.1 Å². The minimum absolute atomic E-state index is 0.199. The van der Waals surface area contributed by atoms with Gasteiger partial charge in [-0.15, -0.1) is 0 Å². The molecule has 3 N–H and O–H groups in total. The minimum atomic E-state index is -4.39. The van der Waals surface area contributed by atoms with Gasteiger partial charge >= 0.3 is 6.18 Å². The maximum atomic E-state index is 12.9. The standard InChI is InChI=1S/C23H21ClF3N7O2/c1-35-12-30-33-32-21-16-8-15(24)6-7-18(16)34-11-29-20(19(34)9-28-21)22-31-17(10-36-22)13-2-4-14(5-3-13)23(25,26)27/h2-8,11,17,30,33H,9-10,12H2,1H3,(H,28,32)/t17-/m1/s1. The second kappa shape index (κ2) is 9.90. The van der Waals surface area contributed by atoms with Crippen LogP contribution in [-0.4, -0.2) is 41.7 Å². The SMILES string of the molecule is COCNNNC1=NCc2c(C3=N[C@@H](c4ccc(C(F)(F)F)cc4)CO3)ncn2-c2ccc(Cl)cc21. The molecule has 0 unspecified atom stereocenters. The van der Waals surface area contributed by atoms with Gasteiger partial charge in [0.25, 0.3) is 0 Å². The molecule has 0 saturated carbocycles. The van der Waals surface area contributed by atoms with Gasteiger partial charge in [-0.2, -0.15) is 18.7 Å². The molecular formula is C23H21ClF3N7O2. The van der Waals surface area contributed by atoms with Crippen molar-refractivity contribution in [2.24, 2.45) is 9.98 Å². The molecule has 0 radical (unpaired) electrons. The second-order valence-corrected chi connectivity index (χ2v) is 8.41. The molecule has 1 aromatic heterocycles. The molecule has 0 aliphatic carbocycles. The van der Waals surface area contributed by atoms with Crippen molar-refractivity contribution in [3.05, 3.63) is 81.9 Å². The first-order valence-electron chi connectivity index (χ1n) is 10.9. The fourth-order valence-electron chi connectivity index (χ4n) is 3.95. The average molecular weight is 520 g/mol. The van der Waals surface area contributed by atoms with Crippen LogP contribution in [0.4, 0.5) is 13.2 Å². The Balaban J connectivity index is 1.44. The zero-order valence-corrected chi connectivity index (χ0v) is 19.7. The van der Waals surface area contributed by atoms with E-state index in [1.807, 2.05) is 10.6 Å². The molecule has 36 heavy (non-hydrogen) atoms. The first-order chi connectivity index (χ1) is 17.3. The Bertz CT molecular complexity index is 1320. The number of nitrogens with zero attached hydrogens (tertiary/aromatic N) is 4. The highest BCUT2D eigenvalue weighted by Crippen LogP contribution is 2.33. The maximum absolute atomic E-state index is 12.9. The molecular weight excluding hydrogens is 499 g/mol. The Morgan fingerprint density at radius 2 is 2.00 bits per heavy atom. The fraction of sp³-hybridized carbons (Fsp3) is 0.261. The van der Waals surface area contributed by atoms with E-state index in [2.05, 4.69) is 31.4 Å². The van der Waals surface area contributed by atoms with Crippen LogP contribution in [0.15, 0.2) is 58.8 Å². The number of hydrazine groups is 2. The van der Waals surface area contributed by atoms with Crippen LogP contribution in [0.25, 0.3) is 5.69 Å². The molecule has 3 aromatic rings. The molecule has 0 bridgehead atoms. The molecule has 2 aliphatic heterocycles. The van der Waals surface area contributed by atoms with Gasteiger partial charge < -0.3 is 9.47 Å². The number of hydrogen-bond acceptors (Lipinski definition) is 8. The number of hydrogen-bond donors (Lipinski definition) is 3. The molecule has 2 aliphatic rings. The number of ether oxygens (including phenoxy) is 2. The van der Waals surface area contributed by atoms with Crippen molar-refractivity contribution in [3.63, 3.8) is 0 Å². The maximum Gasteiger partial charge on any atom is 0.416 e. The average Bonchev–Trinajstić information content (AvgIpc) is 3.47. The second-order valence-electron chi connectivity index (χ2n) is 7.98. The van der Waals surface area contributed by atoms with Gasteiger partial charge in [-0.1, -0.05) is 23.7 Å². The summed E-state index contributed by atoms with van der Waals surface area (Å²) in [7, 11) is 1.56. The van der Waals surface area contributed by atoms with Crippen molar-refractivity contribution >= 4 is 23.3 Å². The normalized spacial score (nSPS) is 17.0. The van der Waals surface area contributed by atoms with Crippen molar-refractivity contribution in [1.29, 1.82) is 0 Å². The lowest BCUT2D eigenvalue weighted by molar-refractivity contribution is -0.137. The summed E-state index contributed by atoms with van der Waals surface area (Å²) in [6.07, 6.45) is -2.74. The number of methoxy groups -OCH3 is 1. The third-order valence-electron chi connectivity index (χ3n) is 5.69. The van der Waals surface area contributed by atoms with Crippen molar-refractivity contribution in [2.75, 3.05) is 20.4 Å². The Morgan fingerprint density at radius 1 is 1.19 bits per heavy atom. The molecule has 188 valence electrons. The quantitative estimate of drug-likeness (QED) is 0.262. The highest BCUT2D eigenvalue weighted by molar-refractivity contribution is 6.31. The predicted molar refractivity (Wildman–Crippen MR) is 127 cm³/mol. The molecule has 2 aromatic carbocycles. The van der Waals surface area contributed by atoms with E-state index < -0.39 is 17.8 Å². The monoisotopic (exact) mass is 519 g/mol. The van der Waals surface area contributed by atoms with E-state index in [0.717, 1.165) is 29.1 Å². The number of imidazole rings is 1. The number of aliphatic imine (C=N–C) groups is 2. The molecule has 5 rings (SSSR count). The summed E-state index contributed by atoms with van der Waals surface area (Å²) in [5.41, 5.74) is 11.4. The summed E-state index contributed by atoms with van der Waals surface area (Å²) in [5.74, 6) is 0.860. The molecule has 0 amide bonds. The van der Waals surface area contributed by atoms with E-state index in [1.165, 1.54) is 12.1 Å². The van der Waals surface area contributed by atoms with E-state index >= 15 is 0 Å². The van der Waals surface area contributed by atoms with E-state index in [9.17, 15) is 13.2 Å². The summed E-state index contributed by atoms with van der Waals surface area (Å²) >= 11 is 6.26. The number of halogens is 4. The highest BCUT2D eigenvalue weighted by Gasteiger charge is 2.32. The lowest BCUT2D eigenvalue weighted by Crippen LogP contribution is -2.47. The number of aromatic nitrogens is 2. The van der Waals surface area contributed by atoms with Crippen molar-refractivity contribution in [3.8, 4) is 5.69 Å². The number of fused-ring (bicyclic) bond motifs is 3. The highest BCUT2D eigenvalue weighted by atomic mass is 35.5. The van der Waals surface area contributed by atoms with Crippen LogP contribution in [0.2, 0.25) is 5.02 Å². The van der Waals surface area contributed by atoms with Gasteiger partial charge in [-0.05, 0) is 35.9 Å². The molecule has 13 heteroatoms. The predicted octanol–water partition coefficient (Wildman–Crippen LogP) is 3.53. The Labute approximate surface area is 208 Å². The molecule has 9 nitrogen and oxygen atoms in total. The molecule has 0 fully saturated rings. The van der Waals surface area contributed by atoms with Crippen LogP contribution in [0.5, 0.6) is 0 Å². The Morgan fingerprint density at radius 3 is 2.75 bits per heavy atom. The molecule has 1 atom stereocenters. The lowest BCUT2D eigenvalue weighted by Gasteiger charge is -2.14. The van der Waals surface area contributed by atoms with Crippen molar-refractivity contribution < 1.29 is 22.6 Å². The summed E-state index contributed by atoms with van der Waals surface area (Å²) in [5, 5.41) is 0.541. The smallest absolute Gasteiger partial charge is 0.416 e. The zero-order chi connectivity index (χ0) is 25.3. The Hall–Kier alpha value is -3.45. The Kier molecular flexibility index (Phi) is 6.67. The third kappa shape index (κ3) is 4.80. The van der Waals surface area contributed by atoms with E-state index in [-0.39, 0.29) is 19.9 Å². The van der Waals surface area contributed by atoms with Gasteiger partial charge in [-0.3, -0.25) is 15.0 Å². The summed E-state index contributed by atoms with van der Waals surface area (Å²) in [6.45, 7) is 0.724. The number of rotatable bonds is 6. The lowest BCUT2D eigenvalue weighted by atomic mass is 10.1. The summed E-state index contributed by atoms with van der Waals surface area (Å²) in [4.78, 5) is 13.8. The van der Waals surface area contributed by atoms with Gasteiger partial charge in [0.2, 0.25) is 5.90 Å². The molecule has 3 heterocycles. The van der Waals surface area contributed by atoms with Crippen molar-refractivity contribution in [2.45, 2.75) is 18.8 Å². The number of benzene rings is 2. The molecule has 0 spiro atoms. The number of alkyl halides is 3. The van der Waals surface area contributed by atoms with Crippen LogP contribution in [-0.2, 0) is 22.2 Å². The summed E-state index contributed by atoms with van der Waals surface area (Å²) < 4.78 is 51.4. The number of amidine groups is 1.